The monoisotopic (exact) mass is 270 g/mol. The van der Waals surface area contributed by atoms with Crippen molar-refractivity contribution in [2.45, 2.75) is 38.7 Å². The summed E-state index contributed by atoms with van der Waals surface area (Å²) >= 11 is 5.87. The molecule has 0 aliphatic rings. The van der Waals surface area contributed by atoms with Crippen molar-refractivity contribution in [3.05, 3.63) is 34.9 Å². The zero-order valence-corrected chi connectivity index (χ0v) is 11.4. The van der Waals surface area contributed by atoms with E-state index in [0.717, 1.165) is 5.56 Å². The highest BCUT2D eigenvalue weighted by Crippen LogP contribution is 2.21. The number of hydrogen-bond acceptors (Lipinski definition) is 2. The minimum Gasteiger partial charge on any atom is -0.481 e. The smallest absolute Gasteiger partial charge is 0.306 e. The number of carbonyl (C=O) groups is 1. The van der Waals surface area contributed by atoms with Gasteiger partial charge in [0.1, 0.15) is 0 Å². The van der Waals surface area contributed by atoms with Gasteiger partial charge >= 0.3 is 5.97 Å². The van der Waals surface area contributed by atoms with Gasteiger partial charge in [0.05, 0.1) is 11.5 Å². The van der Waals surface area contributed by atoms with Gasteiger partial charge in [-0.05, 0) is 50.8 Å². The normalized spacial score (nSPS) is 13.3. The summed E-state index contributed by atoms with van der Waals surface area (Å²) in [4.78, 5) is 11.2. The van der Waals surface area contributed by atoms with Gasteiger partial charge < -0.3 is 10.2 Å². The minimum atomic E-state index is -0.834. The maximum atomic E-state index is 11.2. The number of benzene rings is 1. The summed E-state index contributed by atoms with van der Waals surface area (Å²) in [6.07, 6.45) is 1.35. The standard InChI is InChI=1S/C14H19ClO3/c1-14(2,18)7-6-11(13(16)17)8-10-4-3-5-12(15)9-10/h3-5,9,11,18H,6-8H2,1-2H3,(H,16,17). The van der Waals surface area contributed by atoms with E-state index in [0.29, 0.717) is 24.3 Å². The second kappa shape index (κ2) is 6.21. The van der Waals surface area contributed by atoms with Crippen molar-refractivity contribution in [3.63, 3.8) is 0 Å². The molecule has 0 saturated heterocycles. The van der Waals surface area contributed by atoms with Gasteiger partial charge in [0.15, 0.2) is 0 Å². The molecule has 0 saturated carbocycles. The highest BCUT2D eigenvalue weighted by atomic mass is 35.5. The lowest BCUT2D eigenvalue weighted by Gasteiger charge is -2.20. The molecule has 100 valence electrons. The van der Waals surface area contributed by atoms with Crippen LogP contribution in [0.1, 0.15) is 32.3 Å². The van der Waals surface area contributed by atoms with E-state index >= 15 is 0 Å². The van der Waals surface area contributed by atoms with Gasteiger partial charge in [0, 0.05) is 5.02 Å². The average molecular weight is 271 g/mol. The first-order valence-corrected chi connectivity index (χ1v) is 6.35. The number of aliphatic carboxylic acids is 1. The molecule has 4 heteroatoms. The third kappa shape index (κ3) is 5.52. The maximum Gasteiger partial charge on any atom is 0.306 e. The van der Waals surface area contributed by atoms with Gasteiger partial charge in [0.25, 0.3) is 0 Å². The summed E-state index contributed by atoms with van der Waals surface area (Å²) in [5.41, 5.74) is 0.0767. The average Bonchev–Trinajstić information content (AvgIpc) is 2.22. The third-order valence-electron chi connectivity index (χ3n) is 2.82. The molecular weight excluding hydrogens is 252 g/mol. The number of carboxylic acids is 1. The molecule has 1 unspecified atom stereocenters. The molecule has 1 aromatic rings. The zero-order valence-electron chi connectivity index (χ0n) is 10.7. The van der Waals surface area contributed by atoms with Crippen molar-refractivity contribution in [1.29, 1.82) is 0 Å². The molecule has 3 nitrogen and oxygen atoms in total. The van der Waals surface area contributed by atoms with Crippen LogP contribution in [0, 0.1) is 5.92 Å². The van der Waals surface area contributed by atoms with E-state index in [1.807, 2.05) is 12.1 Å². The largest absolute Gasteiger partial charge is 0.481 e. The van der Waals surface area contributed by atoms with E-state index in [1.54, 1.807) is 26.0 Å². The van der Waals surface area contributed by atoms with E-state index in [4.69, 9.17) is 11.6 Å². The van der Waals surface area contributed by atoms with Crippen LogP contribution in [0.15, 0.2) is 24.3 Å². The van der Waals surface area contributed by atoms with Crippen LogP contribution in [0.4, 0.5) is 0 Å². The molecule has 0 aliphatic carbocycles. The molecule has 1 rings (SSSR count). The van der Waals surface area contributed by atoms with Crippen LogP contribution in [0.5, 0.6) is 0 Å². The Hall–Kier alpha value is -1.06. The van der Waals surface area contributed by atoms with Crippen molar-refractivity contribution in [1.82, 2.24) is 0 Å². The van der Waals surface area contributed by atoms with E-state index < -0.39 is 17.5 Å². The first kappa shape index (κ1) is 15.0. The first-order valence-electron chi connectivity index (χ1n) is 5.97. The Morgan fingerprint density at radius 1 is 1.44 bits per heavy atom. The summed E-state index contributed by atoms with van der Waals surface area (Å²) in [6, 6.07) is 7.22. The topological polar surface area (TPSA) is 57.5 Å². The molecule has 0 amide bonds. The van der Waals surface area contributed by atoms with Crippen molar-refractivity contribution >= 4 is 17.6 Å². The Labute approximate surface area is 112 Å². The zero-order chi connectivity index (χ0) is 13.8. The number of hydrogen-bond donors (Lipinski definition) is 2. The SMILES string of the molecule is CC(C)(O)CCC(Cc1cccc(Cl)c1)C(=O)O. The van der Waals surface area contributed by atoms with Crippen LogP contribution in [0.25, 0.3) is 0 Å². The molecule has 0 radical (unpaired) electrons. The maximum absolute atomic E-state index is 11.2. The van der Waals surface area contributed by atoms with Crippen molar-refractivity contribution < 1.29 is 15.0 Å². The second-order valence-corrected chi connectivity index (χ2v) is 5.66. The molecule has 0 aromatic heterocycles. The van der Waals surface area contributed by atoms with E-state index in [1.165, 1.54) is 0 Å². The predicted molar refractivity (Wildman–Crippen MR) is 71.8 cm³/mol. The highest BCUT2D eigenvalue weighted by Gasteiger charge is 2.22. The Morgan fingerprint density at radius 3 is 2.61 bits per heavy atom. The van der Waals surface area contributed by atoms with Gasteiger partial charge in [-0.2, -0.15) is 0 Å². The van der Waals surface area contributed by atoms with Crippen LogP contribution in [-0.2, 0) is 11.2 Å². The molecule has 0 spiro atoms. The Kier molecular flexibility index (Phi) is 5.17. The first-order chi connectivity index (χ1) is 8.28. The fourth-order valence-corrected chi connectivity index (χ4v) is 2.00. The van der Waals surface area contributed by atoms with Gasteiger partial charge in [-0.25, -0.2) is 0 Å². The molecule has 1 atom stereocenters. The van der Waals surface area contributed by atoms with Crippen LogP contribution in [0.3, 0.4) is 0 Å². The number of rotatable bonds is 6. The number of aliphatic hydroxyl groups is 1. The van der Waals surface area contributed by atoms with Crippen molar-refractivity contribution in [2.75, 3.05) is 0 Å². The van der Waals surface area contributed by atoms with Crippen LogP contribution >= 0.6 is 11.6 Å². The van der Waals surface area contributed by atoms with Gasteiger partial charge in [-0.15, -0.1) is 0 Å². The lowest BCUT2D eigenvalue weighted by atomic mass is 9.90. The molecule has 0 heterocycles. The summed E-state index contributed by atoms with van der Waals surface area (Å²) in [5.74, 6) is -1.32. The van der Waals surface area contributed by atoms with Crippen molar-refractivity contribution in [2.24, 2.45) is 5.92 Å². The van der Waals surface area contributed by atoms with E-state index in [2.05, 4.69) is 0 Å². The molecule has 0 fully saturated rings. The third-order valence-corrected chi connectivity index (χ3v) is 3.06. The molecule has 1 aromatic carbocycles. The van der Waals surface area contributed by atoms with Crippen molar-refractivity contribution in [3.8, 4) is 0 Å². The number of carboxylic acid groups (broad SMARTS) is 1. The van der Waals surface area contributed by atoms with Crippen LogP contribution < -0.4 is 0 Å². The fraction of sp³-hybridized carbons (Fsp3) is 0.500. The summed E-state index contributed by atoms with van der Waals surface area (Å²) in [6.45, 7) is 3.37. The van der Waals surface area contributed by atoms with Crippen LogP contribution in [0.2, 0.25) is 5.02 Å². The van der Waals surface area contributed by atoms with Gasteiger partial charge in [-0.1, -0.05) is 23.7 Å². The van der Waals surface area contributed by atoms with Gasteiger partial charge in [-0.3, -0.25) is 4.79 Å². The Morgan fingerprint density at radius 2 is 2.11 bits per heavy atom. The second-order valence-electron chi connectivity index (χ2n) is 5.22. The summed E-state index contributed by atoms with van der Waals surface area (Å²) < 4.78 is 0. The lowest BCUT2D eigenvalue weighted by molar-refractivity contribution is -0.142. The number of halogens is 1. The molecular formula is C14H19ClO3. The predicted octanol–water partition coefficient (Wildman–Crippen LogP) is 3.13. The summed E-state index contributed by atoms with van der Waals surface area (Å²) in [5, 5.41) is 19.4. The quantitative estimate of drug-likeness (QED) is 0.835. The lowest BCUT2D eigenvalue weighted by Crippen LogP contribution is -2.24. The minimum absolute atomic E-state index is 0.436. The van der Waals surface area contributed by atoms with Crippen LogP contribution in [-0.4, -0.2) is 21.8 Å². The fourth-order valence-electron chi connectivity index (χ4n) is 1.79. The molecule has 2 N–H and O–H groups in total. The molecule has 0 bridgehead atoms. The van der Waals surface area contributed by atoms with Gasteiger partial charge in [0.2, 0.25) is 0 Å². The van der Waals surface area contributed by atoms with E-state index in [-0.39, 0.29) is 0 Å². The molecule has 0 aliphatic heterocycles. The highest BCUT2D eigenvalue weighted by molar-refractivity contribution is 6.30. The van der Waals surface area contributed by atoms with E-state index in [9.17, 15) is 15.0 Å². The molecule has 18 heavy (non-hydrogen) atoms. The Balaban J connectivity index is 2.66. The Bertz CT molecular complexity index is 410. The summed E-state index contributed by atoms with van der Waals surface area (Å²) in [7, 11) is 0.